The van der Waals surface area contributed by atoms with Crippen LogP contribution in [-0.4, -0.2) is 53.2 Å². The van der Waals surface area contributed by atoms with E-state index in [4.69, 9.17) is 10.1 Å². The van der Waals surface area contributed by atoms with Crippen molar-refractivity contribution in [3.63, 3.8) is 0 Å². The maximum atomic E-state index is 15.4. The number of aldehydes is 1. The third-order valence-electron chi connectivity index (χ3n) is 5.67. The number of rotatable bonds is 8. The summed E-state index contributed by atoms with van der Waals surface area (Å²) < 4.78 is 34.6. The average Bonchev–Trinajstić information content (AvgIpc) is 2.78. The first-order chi connectivity index (χ1) is 15.6. The number of pyridine rings is 1. The highest BCUT2D eigenvalue weighted by Gasteiger charge is 2.36. The minimum Gasteiger partial charge on any atom is -0.489 e. The minimum absolute atomic E-state index is 0.0502. The van der Waals surface area contributed by atoms with Crippen molar-refractivity contribution in [3.8, 4) is 5.75 Å². The number of hydrogen-bond donors (Lipinski definition) is 2. The van der Waals surface area contributed by atoms with Crippen molar-refractivity contribution >= 4 is 29.4 Å². The molecule has 0 radical (unpaired) electrons. The number of halogens is 2. The number of aromatic nitrogens is 1. The fraction of sp³-hybridized carbons (Fsp3) is 0.417. The van der Waals surface area contributed by atoms with Crippen molar-refractivity contribution in [3.05, 3.63) is 47.4 Å². The van der Waals surface area contributed by atoms with Crippen LogP contribution in [0.3, 0.4) is 0 Å². The van der Waals surface area contributed by atoms with Gasteiger partial charge in [-0.1, -0.05) is 13.8 Å². The molecule has 0 aliphatic carbocycles. The molecule has 0 unspecified atom stereocenters. The van der Waals surface area contributed by atoms with Gasteiger partial charge in [0.2, 0.25) is 5.91 Å². The van der Waals surface area contributed by atoms with Gasteiger partial charge in [0.15, 0.2) is 6.29 Å². The van der Waals surface area contributed by atoms with Crippen LogP contribution in [0.5, 0.6) is 5.75 Å². The van der Waals surface area contributed by atoms with Gasteiger partial charge in [-0.2, -0.15) is 0 Å². The molecule has 1 aromatic carbocycles. The summed E-state index contributed by atoms with van der Waals surface area (Å²) in [7, 11) is 0. The molecule has 33 heavy (non-hydrogen) atoms. The Morgan fingerprint density at radius 3 is 2.48 bits per heavy atom. The van der Waals surface area contributed by atoms with Gasteiger partial charge in [-0.05, 0) is 30.2 Å². The van der Waals surface area contributed by atoms with E-state index >= 15 is 4.39 Å². The summed E-state index contributed by atoms with van der Waals surface area (Å²) in [4.78, 5) is 28.9. The lowest BCUT2D eigenvalue weighted by molar-refractivity contribution is -0.131. The fourth-order valence-corrected chi connectivity index (χ4v) is 3.60. The summed E-state index contributed by atoms with van der Waals surface area (Å²) in [6.45, 7) is 5.44. The maximum Gasteiger partial charge on any atom is 0.219 e. The zero-order valence-electron chi connectivity index (χ0n) is 19.0. The SMILES string of the molecule is CC(=O)N1CCC(F)(COc2cc(C=O)nc(Nc3ccc(F)cc3)c2C(=N)C(C)C)CC1. The van der Waals surface area contributed by atoms with Gasteiger partial charge in [-0.15, -0.1) is 0 Å². The molecule has 0 bridgehead atoms. The van der Waals surface area contributed by atoms with E-state index in [1.165, 1.54) is 37.3 Å². The van der Waals surface area contributed by atoms with E-state index in [1.54, 1.807) is 4.90 Å². The number of alkyl halides is 1. The van der Waals surface area contributed by atoms with E-state index in [1.807, 2.05) is 13.8 Å². The maximum absolute atomic E-state index is 15.4. The second-order valence-electron chi connectivity index (χ2n) is 8.53. The van der Waals surface area contributed by atoms with Crippen LogP contribution in [0.2, 0.25) is 0 Å². The fourth-order valence-electron chi connectivity index (χ4n) is 3.60. The van der Waals surface area contributed by atoms with Gasteiger partial charge in [0, 0.05) is 50.3 Å². The van der Waals surface area contributed by atoms with Crippen molar-refractivity contribution in [1.82, 2.24) is 9.88 Å². The predicted molar refractivity (Wildman–Crippen MR) is 122 cm³/mol. The molecule has 1 fully saturated rings. The van der Waals surface area contributed by atoms with Crippen LogP contribution in [0.4, 0.5) is 20.3 Å². The van der Waals surface area contributed by atoms with Gasteiger partial charge in [0.1, 0.15) is 35.4 Å². The van der Waals surface area contributed by atoms with E-state index in [0.717, 1.165) is 0 Å². The summed E-state index contributed by atoms with van der Waals surface area (Å²) in [5.74, 6) is -0.339. The van der Waals surface area contributed by atoms with Gasteiger partial charge in [0.05, 0.1) is 5.56 Å². The van der Waals surface area contributed by atoms with Crippen LogP contribution >= 0.6 is 0 Å². The van der Waals surface area contributed by atoms with Gasteiger partial charge < -0.3 is 20.4 Å². The molecule has 1 aliphatic rings. The molecule has 7 nitrogen and oxygen atoms in total. The number of nitrogens with one attached hydrogen (secondary N) is 2. The summed E-state index contributed by atoms with van der Waals surface area (Å²) in [5.41, 5.74) is -0.578. The molecule has 2 heterocycles. The molecule has 0 spiro atoms. The molecule has 0 saturated carbocycles. The first-order valence-electron chi connectivity index (χ1n) is 10.8. The second-order valence-corrected chi connectivity index (χ2v) is 8.53. The minimum atomic E-state index is -1.64. The number of nitrogens with zero attached hydrogens (tertiary/aromatic N) is 2. The molecule has 1 aromatic heterocycles. The Morgan fingerprint density at radius 2 is 1.94 bits per heavy atom. The molecule has 9 heteroatoms. The molecule has 2 aromatic rings. The second kappa shape index (κ2) is 10.1. The number of amides is 1. The number of carbonyl (C=O) groups excluding carboxylic acids is 2. The Balaban J connectivity index is 1.92. The van der Waals surface area contributed by atoms with Gasteiger partial charge in [-0.3, -0.25) is 9.59 Å². The van der Waals surface area contributed by atoms with Gasteiger partial charge >= 0.3 is 0 Å². The summed E-state index contributed by atoms with van der Waals surface area (Å²) in [6.07, 6.45) is 0.813. The number of carbonyl (C=O) groups is 2. The Kier molecular flexibility index (Phi) is 7.40. The van der Waals surface area contributed by atoms with Crippen LogP contribution in [0.1, 0.15) is 49.7 Å². The van der Waals surface area contributed by atoms with Crippen molar-refractivity contribution in [2.75, 3.05) is 25.0 Å². The largest absolute Gasteiger partial charge is 0.489 e. The molecule has 176 valence electrons. The standard InChI is InChI=1S/C24H28F2N4O3/c1-15(2)22(27)21-20(33-14-24(26)8-10-30(11-9-24)16(3)32)12-19(13-31)29-23(21)28-18-6-4-17(25)5-7-18/h4-7,12-13,15,27H,8-11,14H2,1-3H3,(H,28,29). The zero-order valence-corrected chi connectivity index (χ0v) is 19.0. The quantitative estimate of drug-likeness (QED) is 0.448. The van der Waals surface area contributed by atoms with Crippen molar-refractivity contribution < 1.29 is 23.1 Å². The first kappa shape index (κ1) is 24.3. The molecule has 1 amide bonds. The Labute approximate surface area is 191 Å². The van der Waals surface area contributed by atoms with E-state index in [-0.39, 0.29) is 54.2 Å². The third kappa shape index (κ3) is 5.91. The highest BCUT2D eigenvalue weighted by atomic mass is 19.1. The predicted octanol–water partition coefficient (Wildman–Crippen LogP) is 4.53. The van der Waals surface area contributed by atoms with E-state index < -0.39 is 11.5 Å². The van der Waals surface area contributed by atoms with Crippen molar-refractivity contribution in [2.45, 2.75) is 39.3 Å². The first-order valence-corrected chi connectivity index (χ1v) is 10.8. The number of ether oxygens (including phenoxy) is 1. The third-order valence-corrected chi connectivity index (χ3v) is 5.67. The average molecular weight is 459 g/mol. The summed E-state index contributed by atoms with van der Waals surface area (Å²) >= 11 is 0. The number of benzene rings is 1. The molecule has 3 rings (SSSR count). The van der Waals surface area contributed by atoms with Gasteiger partial charge in [-0.25, -0.2) is 13.8 Å². The number of hydrogen-bond acceptors (Lipinski definition) is 6. The molecule has 1 saturated heterocycles. The van der Waals surface area contributed by atoms with Crippen LogP contribution in [0, 0.1) is 17.1 Å². The molecule has 1 aliphatic heterocycles. The Hall–Kier alpha value is -3.36. The van der Waals surface area contributed by atoms with E-state index in [2.05, 4.69) is 10.3 Å². The highest BCUT2D eigenvalue weighted by molar-refractivity contribution is 6.06. The topological polar surface area (TPSA) is 95.4 Å². The smallest absolute Gasteiger partial charge is 0.219 e. The van der Waals surface area contributed by atoms with E-state index in [9.17, 15) is 14.0 Å². The Morgan fingerprint density at radius 1 is 1.30 bits per heavy atom. The van der Waals surface area contributed by atoms with Crippen LogP contribution < -0.4 is 10.1 Å². The summed E-state index contributed by atoms with van der Waals surface area (Å²) in [6, 6.07) is 6.96. The number of anilines is 2. The lowest BCUT2D eigenvalue weighted by atomic mass is 9.94. The molecular formula is C24H28F2N4O3. The van der Waals surface area contributed by atoms with Crippen LogP contribution in [-0.2, 0) is 4.79 Å². The molecule has 0 atom stereocenters. The van der Waals surface area contributed by atoms with Crippen LogP contribution in [0.25, 0.3) is 0 Å². The van der Waals surface area contributed by atoms with E-state index in [0.29, 0.717) is 30.6 Å². The normalized spacial score (nSPS) is 15.3. The summed E-state index contributed by atoms with van der Waals surface area (Å²) in [5, 5.41) is 11.6. The monoisotopic (exact) mass is 458 g/mol. The number of piperidine rings is 1. The Bertz CT molecular complexity index is 1030. The van der Waals surface area contributed by atoms with Gasteiger partial charge in [0.25, 0.3) is 0 Å². The zero-order chi connectivity index (χ0) is 24.2. The number of likely N-dealkylation sites (tertiary alicyclic amines) is 1. The lowest BCUT2D eigenvalue weighted by Gasteiger charge is -2.35. The van der Waals surface area contributed by atoms with Crippen molar-refractivity contribution in [1.29, 1.82) is 5.41 Å². The molecule has 2 N–H and O–H groups in total. The van der Waals surface area contributed by atoms with Crippen molar-refractivity contribution in [2.24, 2.45) is 5.92 Å². The highest BCUT2D eigenvalue weighted by Crippen LogP contribution is 2.33. The lowest BCUT2D eigenvalue weighted by Crippen LogP contribution is -2.46. The van der Waals surface area contributed by atoms with Crippen LogP contribution in [0.15, 0.2) is 30.3 Å². The molecular weight excluding hydrogens is 430 g/mol.